The highest BCUT2D eigenvalue weighted by Crippen LogP contribution is 2.26. The minimum Gasteiger partial charge on any atom is -0.507 e. The van der Waals surface area contributed by atoms with Gasteiger partial charge in [0, 0.05) is 30.4 Å². The van der Waals surface area contributed by atoms with Crippen LogP contribution in [0.5, 0.6) is 5.75 Å². The SMILES string of the molecule is NC(=S)N/N=C/c1ccc(N2CCCC2)cc1O. The number of rotatable bonds is 3. The van der Waals surface area contributed by atoms with Gasteiger partial charge in [-0.15, -0.1) is 0 Å². The Morgan fingerprint density at radius 3 is 2.78 bits per heavy atom. The second-order valence-electron chi connectivity index (χ2n) is 4.17. The maximum Gasteiger partial charge on any atom is 0.184 e. The van der Waals surface area contributed by atoms with Crippen LogP contribution in [0.4, 0.5) is 5.69 Å². The van der Waals surface area contributed by atoms with Crippen LogP contribution >= 0.6 is 12.2 Å². The first-order chi connectivity index (χ1) is 8.66. The molecule has 1 aromatic carbocycles. The number of benzene rings is 1. The molecule has 1 aromatic rings. The zero-order valence-corrected chi connectivity index (χ0v) is 10.8. The van der Waals surface area contributed by atoms with Gasteiger partial charge < -0.3 is 15.7 Å². The van der Waals surface area contributed by atoms with Crippen molar-refractivity contribution in [1.29, 1.82) is 0 Å². The van der Waals surface area contributed by atoms with Crippen molar-refractivity contribution in [3.05, 3.63) is 23.8 Å². The predicted molar refractivity (Wildman–Crippen MR) is 77.1 cm³/mol. The van der Waals surface area contributed by atoms with Crippen LogP contribution in [0, 0.1) is 0 Å². The summed E-state index contributed by atoms with van der Waals surface area (Å²) in [6.45, 7) is 2.10. The Morgan fingerprint density at radius 1 is 1.44 bits per heavy atom. The number of aromatic hydroxyl groups is 1. The quantitative estimate of drug-likeness (QED) is 0.434. The van der Waals surface area contributed by atoms with E-state index < -0.39 is 0 Å². The first kappa shape index (κ1) is 12.6. The molecule has 1 heterocycles. The van der Waals surface area contributed by atoms with Crippen molar-refractivity contribution in [2.75, 3.05) is 18.0 Å². The lowest BCUT2D eigenvalue weighted by Crippen LogP contribution is -2.24. The predicted octanol–water partition coefficient (Wildman–Crippen LogP) is 1.16. The molecule has 18 heavy (non-hydrogen) atoms. The molecular formula is C12H16N4OS. The molecule has 0 unspecified atom stereocenters. The maximum absolute atomic E-state index is 9.91. The van der Waals surface area contributed by atoms with Crippen molar-refractivity contribution in [2.45, 2.75) is 12.8 Å². The van der Waals surface area contributed by atoms with Crippen LogP contribution in [0.3, 0.4) is 0 Å². The van der Waals surface area contributed by atoms with Gasteiger partial charge in [0.1, 0.15) is 5.75 Å². The van der Waals surface area contributed by atoms with Gasteiger partial charge in [-0.25, -0.2) is 0 Å². The zero-order chi connectivity index (χ0) is 13.0. The van der Waals surface area contributed by atoms with E-state index >= 15 is 0 Å². The van der Waals surface area contributed by atoms with Crippen LogP contribution in [0.25, 0.3) is 0 Å². The number of nitrogens with one attached hydrogen (secondary N) is 1. The van der Waals surface area contributed by atoms with Crippen molar-refractivity contribution < 1.29 is 5.11 Å². The average Bonchev–Trinajstić information content (AvgIpc) is 2.84. The van der Waals surface area contributed by atoms with E-state index in [-0.39, 0.29) is 10.9 Å². The monoisotopic (exact) mass is 264 g/mol. The second kappa shape index (κ2) is 5.68. The Labute approximate surface area is 111 Å². The van der Waals surface area contributed by atoms with Gasteiger partial charge in [-0.05, 0) is 37.2 Å². The van der Waals surface area contributed by atoms with E-state index in [0.29, 0.717) is 5.56 Å². The van der Waals surface area contributed by atoms with Gasteiger partial charge in [0.15, 0.2) is 5.11 Å². The number of nitrogens with two attached hydrogens (primary N) is 1. The number of hydrogen-bond donors (Lipinski definition) is 3. The molecule has 0 radical (unpaired) electrons. The fourth-order valence-electron chi connectivity index (χ4n) is 1.98. The van der Waals surface area contributed by atoms with Gasteiger partial charge in [0.25, 0.3) is 0 Å². The third kappa shape index (κ3) is 3.10. The Hall–Kier alpha value is -1.82. The molecule has 0 atom stereocenters. The molecule has 5 nitrogen and oxygen atoms in total. The van der Waals surface area contributed by atoms with E-state index in [1.54, 1.807) is 6.07 Å². The van der Waals surface area contributed by atoms with Gasteiger partial charge in [-0.2, -0.15) is 5.10 Å². The van der Waals surface area contributed by atoms with Crippen molar-refractivity contribution in [2.24, 2.45) is 10.8 Å². The summed E-state index contributed by atoms with van der Waals surface area (Å²) in [5.41, 5.74) is 9.36. The molecule has 96 valence electrons. The summed E-state index contributed by atoms with van der Waals surface area (Å²) in [6.07, 6.45) is 3.91. The fourth-order valence-corrected chi connectivity index (χ4v) is 2.03. The van der Waals surface area contributed by atoms with E-state index in [2.05, 4.69) is 27.6 Å². The summed E-state index contributed by atoms with van der Waals surface area (Å²) in [7, 11) is 0. The number of phenolic OH excluding ortho intramolecular Hbond substituents is 1. The smallest absolute Gasteiger partial charge is 0.184 e. The van der Waals surface area contributed by atoms with E-state index in [9.17, 15) is 5.11 Å². The molecule has 0 aromatic heterocycles. The van der Waals surface area contributed by atoms with E-state index in [1.165, 1.54) is 19.1 Å². The summed E-state index contributed by atoms with van der Waals surface area (Å²) in [5, 5.41) is 13.8. The standard InChI is InChI=1S/C12H16N4OS/c13-12(18)15-14-8-9-3-4-10(7-11(9)17)16-5-1-2-6-16/h3-4,7-8,17H,1-2,5-6H2,(H3,13,15,18)/b14-8+. The lowest BCUT2D eigenvalue weighted by molar-refractivity contribution is 0.474. The fraction of sp³-hybridized carbons (Fsp3) is 0.333. The molecule has 6 heteroatoms. The summed E-state index contributed by atoms with van der Waals surface area (Å²) < 4.78 is 0. The van der Waals surface area contributed by atoms with Gasteiger partial charge in [-0.3, -0.25) is 5.43 Å². The molecule has 0 aliphatic carbocycles. The molecule has 2 rings (SSSR count). The molecule has 0 amide bonds. The third-order valence-electron chi connectivity index (χ3n) is 2.86. The van der Waals surface area contributed by atoms with Crippen LogP contribution < -0.4 is 16.1 Å². The highest BCUT2D eigenvalue weighted by atomic mass is 32.1. The Balaban J connectivity index is 2.09. The van der Waals surface area contributed by atoms with Crippen molar-refractivity contribution >= 4 is 29.2 Å². The van der Waals surface area contributed by atoms with Crippen LogP contribution in [-0.2, 0) is 0 Å². The molecule has 1 fully saturated rings. The summed E-state index contributed by atoms with van der Waals surface area (Å²) in [4.78, 5) is 2.26. The number of hydrogen-bond acceptors (Lipinski definition) is 4. The summed E-state index contributed by atoms with van der Waals surface area (Å²) in [5.74, 6) is 0.202. The van der Waals surface area contributed by atoms with E-state index in [4.69, 9.17) is 5.73 Å². The zero-order valence-electron chi connectivity index (χ0n) is 9.97. The average molecular weight is 264 g/mol. The van der Waals surface area contributed by atoms with Crippen molar-refractivity contribution in [3.63, 3.8) is 0 Å². The first-order valence-corrected chi connectivity index (χ1v) is 6.24. The second-order valence-corrected chi connectivity index (χ2v) is 4.61. The van der Waals surface area contributed by atoms with Gasteiger partial charge in [0.2, 0.25) is 0 Å². The third-order valence-corrected chi connectivity index (χ3v) is 2.95. The molecule has 1 aliphatic rings. The largest absolute Gasteiger partial charge is 0.507 e. The van der Waals surface area contributed by atoms with Gasteiger partial charge >= 0.3 is 0 Å². The van der Waals surface area contributed by atoms with Crippen LogP contribution in [-0.4, -0.2) is 29.5 Å². The van der Waals surface area contributed by atoms with E-state index in [1.807, 2.05) is 12.1 Å². The summed E-state index contributed by atoms with van der Waals surface area (Å²) >= 11 is 4.62. The molecule has 0 bridgehead atoms. The molecule has 0 saturated carbocycles. The normalized spacial score (nSPS) is 15.2. The molecule has 1 saturated heterocycles. The highest BCUT2D eigenvalue weighted by Gasteiger charge is 2.13. The number of thiocarbonyl (C=S) groups is 1. The van der Waals surface area contributed by atoms with Crippen LogP contribution in [0.1, 0.15) is 18.4 Å². The first-order valence-electron chi connectivity index (χ1n) is 5.83. The lowest BCUT2D eigenvalue weighted by atomic mass is 10.2. The number of nitrogens with zero attached hydrogens (tertiary/aromatic N) is 2. The van der Waals surface area contributed by atoms with Crippen LogP contribution in [0.15, 0.2) is 23.3 Å². The molecular weight excluding hydrogens is 248 g/mol. The van der Waals surface area contributed by atoms with E-state index in [0.717, 1.165) is 18.8 Å². The Morgan fingerprint density at radius 2 is 2.17 bits per heavy atom. The lowest BCUT2D eigenvalue weighted by Gasteiger charge is -2.17. The van der Waals surface area contributed by atoms with Crippen LogP contribution in [0.2, 0.25) is 0 Å². The number of phenols is 1. The Bertz CT molecular complexity index is 469. The van der Waals surface area contributed by atoms with Gasteiger partial charge in [-0.1, -0.05) is 0 Å². The molecule has 0 spiro atoms. The minimum atomic E-state index is 0.0967. The highest BCUT2D eigenvalue weighted by molar-refractivity contribution is 7.80. The van der Waals surface area contributed by atoms with Crippen molar-refractivity contribution in [3.8, 4) is 5.75 Å². The Kier molecular flexibility index (Phi) is 3.99. The topological polar surface area (TPSA) is 73.9 Å². The maximum atomic E-state index is 9.91. The molecule has 4 N–H and O–H groups in total. The van der Waals surface area contributed by atoms with Gasteiger partial charge in [0.05, 0.1) is 6.21 Å². The summed E-state index contributed by atoms with van der Waals surface area (Å²) in [6, 6.07) is 5.56. The number of anilines is 1. The van der Waals surface area contributed by atoms with Crippen molar-refractivity contribution in [1.82, 2.24) is 5.43 Å². The minimum absolute atomic E-state index is 0.0967. The number of hydrazone groups is 1. The molecule has 1 aliphatic heterocycles.